The number of benzene rings is 1. The van der Waals surface area contributed by atoms with Crippen LogP contribution in [0.5, 0.6) is 5.75 Å². The molecule has 1 atom stereocenters. The molecule has 0 bridgehead atoms. The molecular weight excluding hydrogens is 240 g/mol. The average Bonchev–Trinajstić information content (AvgIpc) is 2.48. The molecule has 19 heavy (non-hydrogen) atoms. The first-order chi connectivity index (χ1) is 9.31. The number of ether oxygens (including phenoxy) is 2. The topological polar surface area (TPSA) is 38.7 Å². The van der Waals surface area contributed by atoms with Gasteiger partial charge in [-0.15, -0.1) is 0 Å². The van der Waals surface area contributed by atoms with Crippen molar-refractivity contribution in [2.24, 2.45) is 0 Å². The van der Waals surface area contributed by atoms with E-state index < -0.39 is 6.10 Å². The molecule has 0 spiro atoms. The summed E-state index contributed by atoms with van der Waals surface area (Å²) in [6, 6.07) is 7.59. The first kappa shape index (κ1) is 13.9. The fraction of sp³-hybridized carbons (Fsp3) is 0.500. The number of aliphatic hydroxyl groups is 1. The summed E-state index contributed by atoms with van der Waals surface area (Å²) in [4.78, 5) is 0. The van der Waals surface area contributed by atoms with Gasteiger partial charge in [0.05, 0.1) is 13.2 Å². The van der Waals surface area contributed by atoms with Crippen LogP contribution < -0.4 is 4.74 Å². The van der Waals surface area contributed by atoms with Crippen LogP contribution in [0.15, 0.2) is 36.1 Å². The van der Waals surface area contributed by atoms with Gasteiger partial charge in [0.25, 0.3) is 0 Å². The Morgan fingerprint density at radius 1 is 1.32 bits per heavy atom. The Hall–Kier alpha value is -1.48. The third-order valence-corrected chi connectivity index (χ3v) is 3.19. The Morgan fingerprint density at radius 3 is 2.74 bits per heavy atom. The van der Waals surface area contributed by atoms with Gasteiger partial charge in [0.2, 0.25) is 0 Å². The molecule has 1 aromatic rings. The van der Waals surface area contributed by atoms with Gasteiger partial charge >= 0.3 is 0 Å². The maximum Gasteiger partial charge on any atom is 0.136 e. The van der Waals surface area contributed by atoms with Gasteiger partial charge in [-0.05, 0) is 43.0 Å². The summed E-state index contributed by atoms with van der Waals surface area (Å²) >= 11 is 0. The SMILES string of the molecule is CCCCOc1ccc(C(O)C2=CCCCO2)cc1. The second-order valence-electron chi connectivity index (χ2n) is 4.77. The molecule has 2 rings (SSSR count). The Balaban J connectivity index is 1.95. The largest absolute Gasteiger partial charge is 0.495 e. The zero-order valence-corrected chi connectivity index (χ0v) is 11.5. The fourth-order valence-corrected chi connectivity index (χ4v) is 2.01. The summed E-state index contributed by atoms with van der Waals surface area (Å²) in [5.41, 5.74) is 0.844. The van der Waals surface area contributed by atoms with Crippen molar-refractivity contribution >= 4 is 0 Å². The molecule has 3 heteroatoms. The predicted molar refractivity (Wildman–Crippen MR) is 75.1 cm³/mol. The van der Waals surface area contributed by atoms with Gasteiger partial charge in [-0.2, -0.15) is 0 Å². The maximum atomic E-state index is 10.2. The molecule has 1 N–H and O–H groups in total. The number of aliphatic hydroxyl groups excluding tert-OH is 1. The Kier molecular flexibility index (Phi) is 5.28. The highest BCUT2D eigenvalue weighted by atomic mass is 16.5. The van der Waals surface area contributed by atoms with E-state index in [1.807, 2.05) is 30.3 Å². The smallest absolute Gasteiger partial charge is 0.136 e. The van der Waals surface area contributed by atoms with Crippen LogP contribution in [-0.2, 0) is 4.74 Å². The van der Waals surface area contributed by atoms with Crippen molar-refractivity contribution in [1.29, 1.82) is 0 Å². The lowest BCUT2D eigenvalue weighted by molar-refractivity contribution is 0.0917. The van der Waals surface area contributed by atoms with Crippen molar-refractivity contribution in [2.45, 2.75) is 38.7 Å². The first-order valence-corrected chi connectivity index (χ1v) is 7.05. The number of hydrogen-bond donors (Lipinski definition) is 1. The van der Waals surface area contributed by atoms with Gasteiger partial charge in [-0.25, -0.2) is 0 Å². The molecule has 0 aliphatic carbocycles. The minimum absolute atomic E-state index is 0.662. The van der Waals surface area contributed by atoms with E-state index in [4.69, 9.17) is 9.47 Å². The highest BCUT2D eigenvalue weighted by Gasteiger charge is 2.16. The third kappa shape index (κ3) is 4.00. The van der Waals surface area contributed by atoms with Crippen LogP contribution in [0.3, 0.4) is 0 Å². The van der Waals surface area contributed by atoms with Crippen molar-refractivity contribution < 1.29 is 14.6 Å². The summed E-state index contributed by atoms with van der Waals surface area (Å²) in [6.07, 6.45) is 5.50. The number of allylic oxidation sites excluding steroid dienone is 1. The molecule has 0 saturated carbocycles. The zero-order valence-electron chi connectivity index (χ0n) is 11.5. The molecule has 0 aromatic heterocycles. The highest BCUT2D eigenvalue weighted by Crippen LogP contribution is 2.27. The normalized spacial score (nSPS) is 16.4. The van der Waals surface area contributed by atoms with E-state index in [2.05, 4.69) is 6.92 Å². The molecule has 0 radical (unpaired) electrons. The van der Waals surface area contributed by atoms with Crippen molar-refractivity contribution in [3.8, 4) is 5.75 Å². The quantitative estimate of drug-likeness (QED) is 0.796. The fourth-order valence-electron chi connectivity index (χ4n) is 2.01. The Morgan fingerprint density at radius 2 is 2.11 bits per heavy atom. The van der Waals surface area contributed by atoms with E-state index in [1.54, 1.807) is 0 Å². The van der Waals surface area contributed by atoms with Crippen LogP contribution in [0.25, 0.3) is 0 Å². The summed E-state index contributed by atoms with van der Waals surface area (Å²) in [7, 11) is 0. The lowest BCUT2D eigenvalue weighted by atomic mass is 10.1. The van der Waals surface area contributed by atoms with E-state index in [0.717, 1.165) is 43.6 Å². The Bertz CT molecular complexity index is 409. The molecular formula is C16H22O3. The van der Waals surface area contributed by atoms with Crippen LogP contribution in [0.1, 0.15) is 44.3 Å². The van der Waals surface area contributed by atoms with Crippen molar-refractivity contribution in [2.75, 3.05) is 13.2 Å². The molecule has 1 aromatic carbocycles. The number of hydrogen-bond acceptors (Lipinski definition) is 3. The molecule has 3 nitrogen and oxygen atoms in total. The second kappa shape index (κ2) is 7.19. The van der Waals surface area contributed by atoms with Crippen LogP contribution in [-0.4, -0.2) is 18.3 Å². The number of rotatable bonds is 6. The summed E-state index contributed by atoms with van der Waals surface area (Å²) in [5, 5.41) is 10.2. The van der Waals surface area contributed by atoms with Crippen molar-refractivity contribution in [3.05, 3.63) is 41.7 Å². The standard InChI is InChI=1S/C16H22O3/c1-2-3-11-18-14-9-7-13(8-10-14)16(17)15-6-4-5-12-19-15/h6-10,16-17H,2-5,11-12H2,1H3. The van der Waals surface area contributed by atoms with E-state index >= 15 is 0 Å². The lowest BCUT2D eigenvalue weighted by Gasteiger charge is -2.20. The molecule has 1 aliphatic rings. The molecule has 1 aliphatic heterocycles. The van der Waals surface area contributed by atoms with Gasteiger partial charge in [-0.1, -0.05) is 25.5 Å². The predicted octanol–water partition coefficient (Wildman–Crippen LogP) is 3.59. The van der Waals surface area contributed by atoms with Gasteiger partial charge in [0, 0.05) is 0 Å². The van der Waals surface area contributed by atoms with E-state index in [1.165, 1.54) is 0 Å². The maximum absolute atomic E-state index is 10.2. The second-order valence-corrected chi connectivity index (χ2v) is 4.77. The first-order valence-electron chi connectivity index (χ1n) is 7.05. The van der Waals surface area contributed by atoms with Crippen LogP contribution >= 0.6 is 0 Å². The molecule has 1 unspecified atom stereocenters. The Labute approximate surface area is 114 Å². The monoisotopic (exact) mass is 262 g/mol. The summed E-state index contributed by atoms with van der Waals surface area (Å²) in [6.45, 7) is 3.58. The minimum Gasteiger partial charge on any atom is -0.495 e. The number of unbranched alkanes of at least 4 members (excludes halogenated alkanes) is 1. The molecule has 0 saturated heterocycles. The summed E-state index contributed by atoms with van der Waals surface area (Å²) < 4.78 is 11.1. The van der Waals surface area contributed by atoms with Crippen LogP contribution in [0.2, 0.25) is 0 Å². The summed E-state index contributed by atoms with van der Waals surface area (Å²) in [5.74, 6) is 1.52. The van der Waals surface area contributed by atoms with Crippen LogP contribution in [0, 0.1) is 0 Å². The molecule has 0 fully saturated rings. The van der Waals surface area contributed by atoms with Gasteiger partial charge in [0.1, 0.15) is 17.6 Å². The van der Waals surface area contributed by atoms with E-state index in [0.29, 0.717) is 12.4 Å². The van der Waals surface area contributed by atoms with E-state index in [-0.39, 0.29) is 0 Å². The third-order valence-electron chi connectivity index (χ3n) is 3.19. The van der Waals surface area contributed by atoms with Gasteiger partial charge in [-0.3, -0.25) is 0 Å². The molecule has 104 valence electrons. The van der Waals surface area contributed by atoms with Crippen LogP contribution in [0.4, 0.5) is 0 Å². The highest BCUT2D eigenvalue weighted by molar-refractivity contribution is 5.31. The van der Waals surface area contributed by atoms with Gasteiger partial charge in [0.15, 0.2) is 0 Å². The average molecular weight is 262 g/mol. The zero-order chi connectivity index (χ0) is 13.5. The molecule has 0 amide bonds. The van der Waals surface area contributed by atoms with Crippen molar-refractivity contribution in [3.63, 3.8) is 0 Å². The van der Waals surface area contributed by atoms with Crippen molar-refractivity contribution in [1.82, 2.24) is 0 Å². The van der Waals surface area contributed by atoms with E-state index in [9.17, 15) is 5.11 Å². The minimum atomic E-state index is -0.662. The lowest BCUT2D eigenvalue weighted by Crippen LogP contribution is -2.09. The van der Waals surface area contributed by atoms with Gasteiger partial charge < -0.3 is 14.6 Å². The molecule has 1 heterocycles.